The number of carbonyl (C=O) groups is 1. The molecule has 1 amide bonds. The van der Waals surface area contributed by atoms with Gasteiger partial charge in [0.1, 0.15) is 11.8 Å². The number of amides is 1. The highest BCUT2D eigenvalue weighted by Crippen LogP contribution is 2.20. The second-order valence-corrected chi connectivity index (χ2v) is 4.85. The number of methoxy groups -OCH3 is 1. The van der Waals surface area contributed by atoms with E-state index in [0.29, 0.717) is 17.2 Å². The number of hydrogen-bond donors (Lipinski definition) is 2. The minimum absolute atomic E-state index is 0.218. The number of nitrogens with one attached hydrogen (secondary N) is 1. The summed E-state index contributed by atoms with van der Waals surface area (Å²) in [5, 5.41) is 13.9. The summed E-state index contributed by atoms with van der Waals surface area (Å²) in [5.74, 6) is 0.290. The highest BCUT2D eigenvalue weighted by Gasteiger charge is 2.19. The van der Waals surface area contributed by atoms with Gasteiger partial charge in [-0.1, -0.05) is 0 Å². The summed E-state index contributed by atoms with van der Waals surface area (Å²) < 4.78 is 10.2. The van der Waals surface area contributed by atoms with E-state index in [0.717, 1.165) is 5.56 Å². The molecule has 0 saturated carbocycles. The molecule has 0 bridgehead atoms. The third-order valence-electron chi connectivity index (χ3n) is 2.63. The van der Waals surface area contributed by atoms with E-state index in [1.165, 1.54) is 17.6 Å². The summed E-state index contributed by atoms with van der Waals surface area (Å²) in [7, 11) is 1.58. The molecule has 2 aromatic rings. The van der Waals surface area contributed by atoms with Crippen LogP contribution in [0.3, 0.4) is 0 Å². The van der Waals surface area contributed by atoms with Crippen LogP contribution >= 0.6 is 11.3 Å². The summed E-state index contributed by atoms with van der Waals surface area (Å²) in [6, 6.07) is 4.74. The Labute approximate surface area is 114 Å². The average molecular weight is 281 g/mol. The molecule has 1 atom stereocenters. The van der Waals surface area contributed by atoms with E-state index in [-0.39, 0.29) is 12.5 Å². The van der Waals surface area contributed by atoms with Gasteiger partial charge < -0.3 is 19.6 Å². The molecular weight excluding hydrogens is 266 g/mol. The Bertz CT molecular complexity index is 520. The number of thiophene rings is 1. The van der Waals surface area contributed by atoms with E-state index in [2.05, 4.69) is 5.32 Å². The molecule has 0 radical (unpaired) electrons. The fraction of sp³-hybridized carbons (Fsp3) is 0.308. The smallest absolute Gasteiger partial charge is 0.262 e. The molecule has 0 saturated heterocycles. The molecule has 19 heavy (non-hydrogen) atoms. The van der Waals surface area contributed by atoms with Crippen LogP contribution in [0.25, 0.3) is 0 Å². The summed E-state index contributed by atoms with van der Waals surface area (Å²) in [4.78, 5) is 12.7. The van der Waals surface area contributed by atoms with E-state index in [1.807, 2.05) is 11.4 Å². The van der Waals surface area contributed by atoms with Crippen LogP contribution in [-0.4, -0.2) is 24.7 Å². The molecule has 0 fully saturated rings. The SMILES string of the molecule is COCc1ccsc1C(=O)NC(CO)c1ccco1. The predicted molar refractivity (Wildman–Crippen MR) is 71.0 cm³/mol. The first kappa shape index (κ1) is 13.8. The first-order valence-corrected chi connectivity index (χ1v) is 6.64. The van der Waals surface area contributed by atoms with Crippen molar-refractivity contribution in [3.8, 4) is 0 Å². The first-order valence-electron chi connectivity index (χ1n) is 5.76. The molecule has 2 aromatic heterocycles. The number of hydrogen-bond acceptors (Lipinski definition) is 5. The van der Waals surface area contributed by atoms with Crippen LogP contribution in [0.1, 0.15) is 27.0 Å². The molecule has 2 heterocycles. The van der Waals surface area contributed by atoms with Gasteiger partial charge in [0.05, 0.1) is 24.4 Å². The van der Waals surface area contributed by atoms with Gasteiger partial charge in [0.2, 0.25) is 0 Å². The minimum Gasteiger partial charge on any atom is -0.467 e. The molecule has 2 N–H and O–H groups in total. The van der Waals surface area contributed by atoms with Crippen molar-refractivity contribution in [3.63, 3.8) is 0 Å². The Balaban J connectivity index is 2.09. The highest BCUT2D eigenvalue weighted by molar-refractivity contribution is 7.12. The lowest BCUT2D eigenvalue weighted by molar-refractivity contribution is 0.0907. The van der Waals surface area contributed by atoms with Crippen molar-refractivity contribution in [2.24, 2.45) is 0 Å². The van der Waals surface area contributed by atoms with Crippen molar-refractivity contribution in [2.75, 3.05) is 13.7 Å². The van der Waals surface area contributed by atoms with Crippen molar-refractivity contribution in [3.05, 3.63) is 46.0 Å². The molecule has 5 nitrogen and oxygen atoms in total. The third kappa shape index (κ3) is 3.23. The first-order chi connectivity index (χ1) is 9.26. The molecule has 0 spiro atoms. The fourth-order valence-electron chi connectivity index (χ4n) is 1.72. The zero-order valence-electron chi connectivity index (χ0n) is 10.5. The molecule has 1 unspecified atom stereocenters. The molecule has 102 valence electrons. The van der Waals surface area contributed by atoms with E-state index < -0.39 is 6.04 Å². The van der Waals surface area contributed by atoms with Gasteiger partial charge in [0.15, 0.2) is 0 Å². The number of rotatable bonds is 6. The molecule has 6 heteroatoms. The Morgan fingerprint density at radius 2 is 2.42 bits per heavy atom. The fourth-order valence-corrected chi connectivity index (χ4v) is 2.54. The van der Waals surface area contributed by atoms with Crippen LogP contribution in [-0.2, 0) is 11.3 Å². The van der Waals surface area contributed by atoms with E-state index in [1.54, 1.807) is 19.2 Å². The summed E-state index contributed by atoms with van der Waals surface area (Å²) in [6.45, 7) is 0.168. The molecule has 0 aliphatic carbocycles. The monoisotopic (exact) mass is 281 g/mol. The second-order valence-electron chi connectivity index (χ2n) is 3.93. The Kier molecular flexibility index (Phi) is 4.73. The van der Waals surface area contributed by atoms with E-state index >= 15 is 0 Å². The summed E-state index contributed by atoms with van der Waals surface area (Å²) in [5.41, 5.74) is 0.834. The average Bonchev–Trinajstić information content (AvgIpc) is 3.06. The van der Waals surface area contributed by atoms with Gasteiger partial charge in [0, 0.05) is 12.7 Å². The summed E-state index contributed by atoms with van der Waals surface area (Å²) in [6.07, 6.45) is 1.51. The molecule has 0 aromatic carbocycles. The van der Waals surface area contributed by atoms with Crippen LogP contribution < -0.4 is 5.32 Å². The normalized spacial score (nSPS) is 12.3. The maximum Gasteiger partial charge on any atom is 0.262 e. The van der Waals surface area contributed by atoms with E-state index in [4.69, 9.17) is 9.15 Å². The molecule has 2 rings (SSSR count). The van der Waals surface area contributed by atoms with Crippen LogP contribution in [0.4, 0.5) is 0 Å². The van der Waals surface area contributed by atoms with Crippen molar-refractivity contribution in [1.82, 2.24) is 5.32 Å². The van der Waals surface area contributed by atoms with Crippen molar-refractivity contribution in [2.45, 2.75) is 12.6 Å². The zero-order chi connectivity index (χ0) is 13.7. The maximum absolute atomic E-state index is 12.2. The lowest BCUT2D eigenvalue weighted by atomic mass is 10.2. The Morgan fingerprint density at radius 3 is 3.05 bits per heavy atom. The van der Waals surface area contributed by atoms with E-state index in [9.17, 15) is 9.90 Å². The predicted octanol–water partition coefficient (Wildman–Crippen LogP) is 1.95. The lowest BCUT2D eigenvalue weighted by Crippen LogP contribution is -2.30. The molecule has 0 aliphatic heterocycles. The molecule has 0 aliphatic rings. The number of aliphatic hydroxyl groups is 1. The quantitative estimate of drug-likeness (QED) is 0.849. The highest BCUT2D eigenvalue weighted by atomic mass is 32.1. The standard InChI is InChI=1S/C13H15NO4S/c1-17-8-9-4-6-19-12(9)13(16)14-10(7-15)11-3-2-5-18-11/h2-6,10,15H,7-8H2,1H3,(H,14,16). The van der Waals surface area contributed by atoms with Gasteiger partial charge in [-0.3, -0.25) is 4.79 Å². The van der Waals surface area contributed by atoms with Gasteiger partial charge in [-0.05, 0) is 23.6 Å². The van der Waals surface area contributed by atoms with Gasteiger partial charge >= 0.3 is 0 Å². The lowest BCUT2D eigenvalue weighted by Gasteiger charge is -2.13. The van der Waals surface area contributed by atoms with Crippen molar-refractivity contribution in [1.29, 1.82) is 0 Å². The summed E-state index contributed by atoms with van der Waals surface area (Å²) >= 11 is 1.34. The van der Waals surface area contributed by atoms with Crippen LogP contribution in [0, 0.1) is 0 Å². The number of aliphatic hydroxyl groups excluding tert-OH is 1. The van der Waals surface area contributed by atoms with Crippen LogP contribution in [0.2, 0.25) is 0 Å². The Hall–Kier alpha value is -1.63. The molecular formula is C13H15NO4S. The number of furan rings is 1. The second kappa shape index (κ2) is 6.51. The van der Waals surface area contributed by atoms with Crippen molar-refractivity contribution >= 4 is 17.2 Å². The van der Waals surface area contributed by atoms with Gasteiger partial charge in [-0.15, -0.1) is 11.3 Å². The topological polar surface area (TPSA) is 71.7 Å². The number of carbonyl (C=O) groups excluding carboxylic acids is 1. The minimum atomic E-state index is -0.542. The largest absolute Gasteiger partial charge is 0.467 e. The van der Waals surface area contributed by atoms with Crippen LogP contribution in [0.5, 0.6) is 0 Å². The van der Waals surface area contributed by atoms with Gasteiger partial charge in [-0.25, -0.2) is 0 Å². The zero-order valence-corrected chi connectivity index (χ0v) is 11.3. The third-order valence-corrected chi connectivity index (χ3v) is 3.58. The number of ether oxygens (including phenoxy) is 1. The Morgan fingerprint density at radius 1 is 1.58 bits per heavy atom. The van der Waals surface area contributed by atoms with Crippen molar-refractivity contribution < 1.29 is 19.1 Å². The van der Waals surface area contributed by atoms with Gasteiger partial charge in [-0.2, -0.15) is 0 Å². The van der Waals surface area contributed by atoms with Crippen LogP contribution in [0.15, 0.2) is 34.3 Å². The van der Waals surface area contributed by atoms with Gasteiger partial charge in [0.25, 0.3) is 5.91 Å². The maximum atomic E-state index is 12.2.